The van der Waals surface area contributed by atoms with Gasteiger partial charge in [0.1, 0.15) is 5.69 Å². The molecule has 0 radical (unpaired) electrons. The Morgan fingerprint density at radius 1 is 1.36 bits per heavy atom. The molecular formula is C9H6BrNO3. The van der Waals surface area contributed by atoms with E-state index < -0.39 is 5.63 Å². The minimum Gasteiger partial charge on any atom is -0.504 e. The minimum atomic E-state index is -0.643. The summed E-state index contributed by atoms with van der Waals surface area (Å²) in [4.78, 5) is 11.1. The largest absolute Gasteiger partial charge is 0.504 e. The van der Waals surface area contributed by atoms with Crippen molar-refractivity contribution in [2.24, 2.45) is 0 Å². The summed E-state index contributed by atoms with van der Waals surface area (Å²) < 4.78 is 5.52. The zero-order valence-electron chi connectivity index (χ0n) is 6.95. The number of hydrogen-bond acceptors (Lipinski definition) is 4. The van der Waals surface area contributed by atoms with Crippen LogP contribution in [0.2, 0.25) is 0 Å². The number of nitrogens with two attached hydrogens (primary N) is 1. The van der Waals surface area contributed by atoms with Gasteiger partial charge in [0.25, 0.3) is 0 Å². The van der Waals surface area contributed by atoms with E-state index in [0.717, 1.165) is 0 Å². The third-order valence-electron chi connectivity index (χ3n) is 1.80. The van der Waals surface area contributed by atoms with Gasteiger partial charge < -0.3 is 15.3 Å². The molecule has 1 heterocycles. The molecule has 0 bridgehead atoms. The fourth-order valence-electron chi connectivity index (χ4n) is 1.20. The van der Waals surface area contributed by atoms with Gasteiger partial charge in [0.2, 0.25) is 0 Å². The smallest absolute Gasteiger partial charge is 0.359 e. The van der Waals surface area contributed by atoms with Gasteiger partial charge in [-0.1, -0.05) is 15.9 Å². The minimum absolute atomic E-state index is 0.0231. The fraction of sp³-hybridized carbons (Fsp3) is 0. The van der Waals surface area contributed by atoms with Gasteiger partial charge in [0.05, 0.1) is 0 Å². The molecule has 3 N–H and O–H groups in total. The lowest BCUT2D eigenvalue weighted by molar-refractivity contribution is 0.457. The van der Waals surface area contributed by atoms with Crippen LogP contribution in [-0.4, -0.2) is 5.11 Å². The second-order valence-electron chi connectivity index (χ2n) is 2.83. The van der Waals surface area contributed by atoms with Gasteiger partial charge in [-0.15, -0.1) is 0 Å². The van der Waals surface area contributed by atoms with Crippen LogP contribution in [0.1, 0.15) is 0 Å². The van der Waals surface area contributed by atoms with E-state index in [4.69, 9.17) is 10.2 Å². The number of hydrogen-bond donors (Lipinski definition) is 2. The van der Waals surface area contributed by atoms with Crippen LogP contribution < -0.4 is 11.4 Å². The van der Waals surface area contributed by atoms with Crippen LogP contribution in [0, 0.1) is 0 Å². The quantitative estimate of drug-likeness (QED) is 0.705. The average molecular weight is 256 g/mol. The van der Waals surface area contributed by atoms with Gasteiger partial charge >= 0.3 is 5.63 Å². The molecule has 1 aromatic heterocycles. The van der Waals surface area contributed by atoms with Crippen molar-refractivity contribution in [3.63, 3.8) is 0 Å². The number of phenols is 1. The van der Waals surface area contributed by atoms with E-state index in [1.165, 1.54) is 12.1 Å². The first-order valence-corrected chi connectivity index (χ1v) is 4.59. The molecule has 0 saturated carbocycles. The molecular weight excluding hydrogens is 250 g/mol. The standard InChI is InChI=1S/C9H6BrNO3/c10-5-1-4-2-6(11)9(13)14-8(4)7(12)3-5/h1-3,12H,11H2. The third kappa shape index (κ3) is 1.35. The lowest BCUT2D eigenvalue weighted by Crippen LogP contribution is -2.05. The molecule has 0 aliphatic heterocycles. The van der Waals surface area contributed by atoms with E-state index in [-0.39, 0.29) is 17.0 Å². The summed E-state index contributed by atoms with van der Waals surface area (Å²) in [6.45, 7) is 0. The Morgan fingerprint density at radius 3 is 2.79 bits per heavy atom. The maximum absolute atomic E-state index is 11.1. The highest BCUT2D eigenvalue weighted by atomic mass is 79.9. The van der Waals surface area contributed by atoms with Crippen molar-refractivity contribution < 1.29 is 9.52 Å². The molecule has 1 aromatic carbocycles. The number of halogens is 1. The van der Waals surface area contributed by atoms with Crippen LogP contribution in [0.4, 0.5) is 5.69 Å². The van der Waals surface area contributed by atoms with Crippen LogP contribution in [0.3, 0.4) is 0 Å². The summed E-state index contributed by atoms with van der Waals surface area (Å²) in [5, 5.41) is 10.0. The van der Waals surface area contributed by atoms with Crippen LogP contribution in [0.25, 0.3) is 11.0 Å². The molecule has 2 aromatic rings. The Labute approximate surface area is 87.1 Å². The van der Waals surface area contributed by atoms with Gasteiger partial charge in [-0.2, -0.15) is 0 Å². The molecule has 0 fully saturated rings. The number of benzene rings is 1. The first-order chi connectivity index (χ1) is 6.58. The highest BCUT2D eigenvalue weighted by molar-refractivity contribution is 9.10. The van der Waals surface area contributed by atoms with E-state index in [1.807, 2.05) is 0 Å². The van der Waals surface area contributed by atoms with E-state index in [1.54, 1.807) is 6.07 Å². The molecule has 4 nitrogen and oxygen atoms in total. The Kier molecular flexibility index (Phi) is 1.96. The predicted molar refractivity (Wildman–Crippen MR) is 56.3 cm³/mol. The Balaban J connectivity index is 2.96. The van der Waals surface area contributed by atoms with Crippen molar-refractivity contribution in [2.75, 3.05) is 5.73 Å². The molecule has 14 heavy (non-hydrogen) atoms. The summed E-state index contributed by atoms with van der Waals surface area (Å²) in [6, 6.07) is 4.61. The normalized spacial score (nSPS) is 10.6. The van der Waals surface area contributed by atoms with Crippen molar-refractivity contribution in [1.29, 1.82) is 0 Å². The van der Waals surface area contributed by atoms with Gasteiger partial charge in [0.15, 0.2) is 11.3 Å². The number of aromatic hydroxyl groups is 1. The Bertz CT molecular complexity index is 562. The molecule has 0 unspecified atom stereocenters. The summed E-state index contributed by atoms with van der Waals surface area (Å²) in [5.74, 6) is -0.0912. The van der Waals surface area contributed by atoms with Gasteiger partial charge in [-0.05, 0) is 18.2 Å². The monoisotopic (exact) mass is 255 g/mol. The fourth-order valence-corrected chi connectivity index (χ4v) is 1.66. The number of nitrogen functional groups attached to an aromatic ring is 1. The van der Waals surface area contributed by atoms with E-state index in [0.29, 0.717) is 9.86 Å². The van der Waals surface area contributed by atoms with Crippen LogP contribution >= 0.6 is 15.9 Å². The average Bonchev–Trinajstić information content (AvgIpc) is 2.08. The molecule has 0 amide bonds. The first-order valence-electron chi connectivity index (χ1n) is 3.80. The van der Waals surface area contributed by atoms with Gasteiger partial charge in [-0.25, -0.2) is 4.79 Å². The first kappa shape index (κ1) is 9.08. The highest BCUT2D eigenvalue weighted by Gasteiger charge is 2.07. The Hall–Kier alpha value is -1.49. The van der Waals surface area contributed by atoms with Crippen LogP contribution in [-0.2, 0) is 0 Å². The molecule has 0 spiro atoms. The molecule has 0 saturated heterocycles. The highest BCUT2D eigenvalue weighted by Crippen LogP contribution is 2.28. The molecule has 0 aliphatic rings. The number of fused-ring (bicyclic) bond motifs is 1. The van der Waals surface area contributed by atoms with Crippen molar-refractivity contribution >= 4 is 32.6 Å². The molecule has 72 valence electrons. The van der Waals surface area contributed by atoms with Crippen molar-refractivity contribution in [3.05, 3.63) is 33.1 Å². The topological polar surface area (TPSA) is 76.5 Å². The predicted octanol–water partition coefficient (Wildman–Crippen LogP) is 1.84. The van der Waals surface area contributed by atoms with Crippen molar-refractivity contribution in [2.45, 2.75) is 0 Å². The van der Waals surface area contributed by atoms with Crippen LogP contribution in [0.15, 0.2) is 31.9 Å². The second-order valence-corrected chi connectivity index (χ2v) is 3.75. The van der Waals surface area contributed by atoms with E-state index in [9.17, 15) is 9.90 Å². The lowest BCUT2D eigenvalue weighted by atomic mass is 10.2. The zero-order valence-corrected chi connectivity index (χ0v) is 8.54. The SMILES string of the molecule is Nc1cc2cc(Br)cc(O)c2oc1=O. The van der Waals surface area contributed by atoms with E-state index in [2.05, 4.69) is 15.9 Å². The van der Waals surface area contributed by atoms with Crippen molar-refractivity contribution in [3.8, 4) is 5.75 Å². The maximum Gasteiger partial charge on any atom is 0.359 e. The summed E-state index contributed by atoms with van der Waals surface area (Å²) in [6.07, 6.45) is 0. The number of phenolic OH excluding ortho intramolecular Hbond substituents is 1. The zero-order chi connectivity index (χ0) is 10.3. The molecule has 2 rings (SSSR count). The van der Waals surface area contributed by atoms with Crippen LogP contribution in [0.5, 0.6) is 5.75 Å². The summed E-state index contributed by atoms with van der Waals surface area (Å²) in [5.41, 5.74) is 4.91. The second kappa shape index (κ2) is 3.02. The third-order valence-corrected chi connectivity index (χ3v) is 2.26. The molecule has 0 atom stereocenters. The Morgan fingerprint density at radius 2 is 2.07 bits per heavy atom. The summed E-state index contributed by atoms with van der Waals surface area (Å²) in [7, 11) is 0. The van der Waals surface area contributed by atoms with Crippen molar-refractivity contribution in [1.82, 2.24) is 0 Å². The molecule has 0 aliphatic carbocycles. The van der Waals surface area contributed by atoms with E-state index >= 15 is 0 Å². The molecule has 5 heteroatoms. The summed E-state index contributed by atoms with van der Waals surface area (Å²) >= 11 is 3.21. The maximum atomic E-state index is 11.1. The number of rotatable bonds is 0. The number of anilines is 1. The lowest BCUT2D eigenvalue weighted by Gasteiger charge is -2.01. The van der Waals surface area contributed by atoms with Gasteiger partial charge in [-0.3, -0.25) is 0 Å². The van der Waals surface area contributed by atoms with Gasteiger partial charge in [0, 0.05) is 9.86 Å².